The van der Waals surface area contributed by atoms with Gasteiger partial charge in [0.05, 0.1) is 19.6 Å². The Balaban J connectivity index is 2.01. The second-order valence-electron chi connectivity index (χ2n) is 6.32. The molecular formula is C19H26N2O5. The van der Waals surface area contributed by atoms with Crippen LogP contribution in [0, 0.1) is 5.92 Å². The number of hydrogen-bond donors (Lipinski definition) is 0. The van der Waals surface area contributed by atoms with Crippen LogP contribution in [0.1, 0.15) is 25.3 Å². The maximum Gasteiger partial charge on any atom is 0.325 e. The van der Waals surface area contributed by atoms with Gasteiger partial charge >= 0.3 is 5.97 Å². The van der Waals surface area contributed by atoms with E-state index in [2.05, 4.69) is 0 Å². The average molecular weight is 362 g/mol. The summed E-state index contributed by atoms with van der Waals surface area (Å²) in [4.78, 5) is 39.5. The van der Waals surface area contributed by atoms with Crippen LogP contribution in [0.5, 0.6) is 5.75 Å². The van der Waals surface area contributed by atoms with Gasteiger partial charge in [0.2, 0.25) is 11.8 Å². The third kappa shape index (κ3) is 4.97. The van der Waals surface area contributed by atoms with E-state index in [0.717, 1.165) is 5.56 Å². The SMILES string of the molecule is CCOC(=O)CN(C)C(=O)[C@@H]1CCC(=O)N(Cc2ccccc2OC)C1. The number of methoxy groups -OCH3 is 1. The first-order valence-corrected chi connectivity index (χ1v) is 8.76. The van der Waals surface area contributed by atoms with Gasteiger partial charge < -0.3 is 19.3 Å². The predicted molar refractivity (Wildman–Crippen MR) is 95.4 cm³/mol. The fourth-order valence-corrected chi connectivity index (χ4v) is 3.10. The van der Waals surface area contributed by atoms with Crippen molar-refractivity contribution in [3.8, 4) is 5.75 Å². The average Bonchev–Trinajstić information content (AvgIpc) is 2.63. The number of piperidine rings is 1. The number of ether oxygens (including phenoxy) is 2. The molecule has 2 amide bonds. The van der Waals surface area contributed by atoms with Crippen LogP contribution in [0.15, 0.2) is 24.3 Å². The second-order valence-corrected chi connectivity index (χ2v) is 6.32. The Morgan fingerprint density at radius 3 is 2.73 bits per heavy atom. The molecule has 26 heavy (non-hydrogen) atoms. The molecule has 0 bridgehead atoms. The van der Waals surface area contributed by atoms with E-state index >= 15 is 0 Å². The molecule has 1 aliphatic heterocycles. The topological polar surface area (TPSA) is 76.2 Å². The van der Waals surface area contributed by atoms with Crippen LogP contribution < -0.4 is 4.74 Å². The Morgan fingerprint density at radius 1 is 1.31 bits per heavy atom. The van der Waals surface area contributed by atoms with Gasteiger partial charge in [0.1, 0.15) is 12.3 Å². The molecule has 0 aromatic heterocycles. The standard InChI is InChI=1S/C19H26N2O5/c1-4-26-18(23)13-20(2)19(24)15-9-10-17(22)21(12-15)11-14-7-5-6-8-16(14)25-3/h5-8,15H,4,9-13H2,1-3H3/t15-/m1/s1. The molecule has 1 heterocycles. The number of carbonyl (C=O) groups excluding carboxylic acids is 3. The maximum atomic E-state index is 12.6. The van der Waals surface area contributed by atoms with Crippen molar-refractivity contribution in [2.24, 2.45) is 5.92 Å². The minimum atomic E-state index is -0.430. The Morgan fingerprint density at radius 2 is 2.04 bits per heavy atom. The summed E-state index contributed by atoms with van der Waals surface area (Å²) in [6.07, 6.45) is 0.812. The summed E-state index contributed by atoms with van der Waals surface area (Å²) < 4.78 is 10.2. The smallest absolute Gasteiger partial charge is 0.325 e. The first-order valence-electron chi connectivity index (χ1n) is 8.76. The minimum absolute atomic E-state index is 0.0213. The molecule has 0 aliphatic carbocycles. The van der Waals surface area contributed by atoms with Crippen LogP contribution in [0.2, 0.25) is 0 Å². The summed E-state index contributed by atoms with van der Waals surface area (Å²) in [7, 11) is 3.17. The number of carbonyl (C=O) groups is 3. The van der Waals surface area contributed by atoms with Crippen LogP contribution >= 0.6 is 0 Å². The fourth-order valence-electron chi connectivity index (χ4n) is 3.10. The molecule has 0 unspecified atom stereocenters. The van der Waals surface area contributed by atoms with Crippen molar-refractivity contribution in [2.75, 3.05) is 33.9 Å². The highest BCUT2D eigenvalue weighted by Gasteiger charge is 2.32. The zero-order chi connectivity index (χ0) is 19.1. The number of para-hydroxylation sites is 1. The molecule has 7 heteroatoms. The molecule has 0 spiro atoms. The molecule has 142 valence electrons. The lowest BCUT2D eigenvalue weighted by atomic mass is 9.95. The van der Waals surface area contributed by atoms with Gasteiger partial charge in [-0.25, -0.2) is 0 Å². The van der Waals surface area contributed by atoms with Crippen molar-refractivity contribution in [3.05, 3.63) is 29.8 Å². The molecule has 1 aromatic rings. The molecule has 1 aromatic carbocycles. The van der Waals surface area contributed by atoms with E-state index in [1.54, 1.807) is 26.0 Å². The van der Waals surface area contributed by atoms with Gasteiger partial charge in [-0.05, 0) is 19.4 Å². The third-order valence-corrected chi connectivity index (χ3v) is 4.45. The second kappa shape index (κ2) is 9.22. The summed E-state index contributed by atoms with van der Waals surface area (Å²) in [6.45, 7) is 2.66. The molecular weight excluding hydrogens is 336 g/mol. The van der Waals surface area contributed by atoms with Crippen molar-refractivity contribution in [1.82, 2.24) is 9.80 Å². The first-order chi connectivity index (χ1) is 12.5. The molecule has 2 rings (SSSR count). The van der Waals surface area contributed by atoms with Gasteiger partial charge in [-0.1, -0.05) is 18.2 Å². The highest BCUT2D eigenvalue weighted by molar-refractivity contribution is 5.86. The zero-order valence-electron chi connectivity index (χ0n) is 15.6. The van der Waals surface area contributed by atoms with Crippen LogP contribution in [0.4, 0.5) is 0 Å². The van der Waals surface area contributed by atoms with E-state index in [-0.39, 0.29) is 30.9 Å². The van der Waals surface area contributed by atoms with Crippen molar-refractivity contribution >= 4 is 17.8 Å². The molecule has 1 aliphatic rings. The van der Waals surface area contributed by atoms with Crippen LogP contribution in [0.25, 0.3) is 0 Å². The summed E-state index contributed by atoms with van der Waals surface area (Å²) in [6, 6.07) is 7.52. The Kier molecular flexibility index (Phi) is 7.00. The molecule has 1 atom stereocenters. The van der Waals surface area contributed by atoms with Crippen LogP contribution in [-0.2, 0) is 25.7 Å². The van der Waals surface area contributed by atoms with Crippen LogP contribution in [0.3, 0.4) is 0 Å². The Bertz CT molecular complexity index is 661. The highest BCUT2D eigenvalue weighted by atomic mass is 16.5. The van der Waals surface area contributed by atoms with Gasteiger partial charge in [0.25, 0.3) is 0 Å². The van der Waals surface area contributed by atoms with Gasteiger partial charge in [-0.3, -0.25) is 14.4 Å². The lowest BCUT2D eigenvalue weighted by Crippen LogP contribution is -2.46. The zero-order valence-corrected chi connectivity index (χ0v) is 15.6. The Labute approximate surface area is 153 Å². The van der Waals surface area contributed by atoms with Crippen molar-refractivity contribution in [2.45, 2.75) is 26.3 Å². The highest BCUT2D eigenvalue weighted by Crippen LogP contribution is 2.25. The summed E-state index contributed by atoms with van der Waals surface area (Å²) >= 11 is 0. The summed E-state index contributed by atoms with van der Waals surface area (Å²) in [5.41, 5.74) is 0.899. The van der Waals surface area contributed by atoms with E-state index in [0.29, 0.717) is 31.7 Å². The number of amides is 2. The van der Waals surface area contributed by atoms with Gasteiger partial charge in [-0.2, -0.15) is 0 Å². The quantitative estimate of drug-likeness (QED) is 0.687. The van der Waals surface area contributed by atoms with E-state index in [1.165, 1.54) is 4.90 Å². The normalized spacial score (nSPS) is 17.0. The molecule has 1 fully saturated rings. The van der Waals surface area contributed by atoms with Gasteiger partial charge in [0, 0.05) is 32.1 Å². The largest absolute Gasteiger partial charge is 0.496 e. The van der Waals surface area contributed by atoms with E-state index in [9.17, 15) is 14.4 Å². The number of esters is 1. The molecule has 1 saturated heterocycles. The van der Waals surface area contributed by atoms with Crippen molar-refractivity contribution < 1.29 is 23.9 Å². The third-order valence-electron chi connectivity index (χ3n) is 4.45. The lowest BCUT2D eigenvalue weighted by molar-refractivity contribution is -0.151. The lowest BCUT2D eigenvalue weighted by Gasteiger charge is -2.34. The number of likely N-dealkylation sites (N-methyl/N-ethyl adjacent to an activating group) is 1. The van der Waals surface area contributed by atoms with Crippen LogP contribution in [-0.4, -0.2) is 61.4 Å². The molecule has 0 saturated carbocycles. The van der Waals surface area contributed by atoms with Gasteiger partial charge in [0.15, 0.2) is 0 Å². The minimum Gasteiger partial charge on any atom is -0.496 e. The van der Waals surface area contributed by atoms with Gasteiger partial charge in [-0.15, -0.1) is 0 Å². The number of benzene rings is 1. The number of hydrogen-bond acceptors (Lipinski definition) is 5. The summed E-state index contributed by atoms with van der Waals surface area (Å²) in [5.74, 6) is -0.153. The van der Waals surface area contributed by atoms with E-state index in [1.807, 2.05) is 24.3 Å². The molecule has 7 nitrogen and oxygen atoms in total. The first kappa shape index (κ1) is 19.8. The molecule has 0 N–H and O–H groups in total. The fraction of sp³-hybridized carbons (Fsp3) is 0.526. The van der Waals surface area contributed by atoms with Crippen molar-refractivity contribution in [3.63, 3.8) is 0 Å². The molecule has 0 radical (unpaired) electrons. The Hall–Kier alpha value is -2.57. The number of likely N-dealkylation sites (tertiary alicyclic amines) is 1. The monoisotopic (exact) mass is 362 g/mol. The van der Waals surface area contributed by atoms with E-state index < -0.39 is 5.97 Å². The number of nitrogens with zero attached hydrogens (tertiary/aromatic N) is 2. The number of rotatable bonds is 7. The predicted octanol–water partition coefficient (Wildman–Crippen LogP) is 1.46. The summed E-state index contributed by atoms with van der Waals surface area (Å²) in [5, 5.41) is 0. The maximum absolute atomic E-state index is 12.6. The van der Waals surface area contributed by atoms with E-state index in [4.69, 9.17) is 9.47 Å². The van der Waals surface area contributed by atoms with Crippen molar-refractivity contribution in [1.29, 1.82) is 0 Å².